The largest absolute Gasteiger partial charge is 0.309 e. The van der Waals surface area contributed by atoms with E-state index in [4.69, 9.17) is 0 Å². The van der Waals surface area contributed by atoms with Gasteiger partial charge in [0.25, 0.3) is 0 Å². The summed E-state index contributed by atoms with van der Waals surface area (Å²) in [5, 5.41) is 2.42. The summed E-state index contributed by atoms with van der Waals surface area (Å²) in [6, 6.07) is 79.8. The molecule has 0 radical (unpaired) electrons. The van der Waals surface area contributed by atoms with Crippen LogP contribution in [0.3, 0.4) is 0 Å². The molecular weight excluding hydrogens is 713 g/mol. The normalized spacial score (nSPS) is 12.7. The SMILES string of the molecule is CC1(C)c2ccccc2-c2ccc(N(c3ccccc3-c3ccccc3)c3cccc4c3c3ccccc3n4-c3cccc(-c4ccccc4-c4ccccc4)c3)cc21. The number of para-hydroxylation sites is 2. The molecule has 2 heteroatoms. The number of aromatic nitrogens is 1. The smallest absolute Gasteiger partial charge is 0.0562 e. The molecule has 2 nitrogen and oxygen atoms in total. The van der Waals surface area contributed by atoms with E-state index in [1.165, 1.54) is 71.9 Å². The lowest BCUT2D eigenvalue weighted by atomic mass is 9.82. The number of benzene rings is 9. The molecule has 1 heterocycles. The summed E-state index contributed by atoms with van der Waals surface area (Å²) in [5.74, 6) is 0. The molecule has 0 spiro atoms. The monoisotopic (exact) mass is 754 g/mol. The lowest BCUT2D eigenvalue weighted by Crippen LogP contribution is -2.17. The molecule has 10 aromatic rings. The first-order chi connectivity index (χ1) is 29.1. The van der Waals surface area contributed by atoms with E-state index in [2.05, 4.69) is 242 Å². The van der Waals surface area contributed by atoms with E-state index in [0.29, 0.717) is 0 Å². The minimum absolute atomic E-state index is 0.140. The highest BCUT2D eigenvalue weighted by atomic mass is 15.2. The van der Waals surface area contributed by atoms with Gasteiger partial charge in [0.1, 0.15) is 0 Å². The molecule has 280 valence electrons. The first-order valence-corrected chi connectivity index (χ1v) is 20.5. The molecule has 0 saturated heterocycles. The molecular formula is C57H42N2. The van der Waals surface area contributed by atoms with Gasteiger partial charge in [-0.3, -0.25) is 0 Å². The highest BCUT2D eigenvalue weighted by Crippen LogP contribution is 2.52. The molecule has 0 aliphatic heterocycles. The summed E-state index contributed by atoms with van der Waals surface area (Å²) >= 11 is 0. The second-order valence-corrected chi connectivity index (χ2v) is 16.1. The molecule has 0 atom stereocenters. The summed E-state index contributed by atoms with van der Waals surface area (Å²) < 4.78 is 2.45. The van der Waals surface area contributed by atoms with Crippen molar-refractivity contribution in [1.29, 1.82) is 0 Å². The van der Waals surface area contributed by atoms with Crippen LogP contribution in [0, 0.1) is 0 Å². The highest BCUT2D eigenvalue weighted by molar-refractivity contribution is 6.17. The van der Waals surface area contributed by atoms with Gasteiger partial charge in [0.05, 0.1) is 22.4 Å². The summed E-state index contributed by atoms with van der Waals surface area (Å²) in [5.41, 5.74) is 19.3. The number of nitrogens with zero attached hydrogens (tertiary/aromatic N) is 2. The molecule has 0 fully saturated rings. The van der Waals surface area contributed by atoms with Crippen molar-refractivity contribution in [2.45, 2.75) is 19.3 Å². The Hall–Kier alpha value is -7.42. The van der Waals surface area contributed by atoms with Crippen molar-refractivity contribution < 1.29 is 0 Å². The van der Waals surface area contributed by atoms with Crippen LogP contribution in [0.25, 0.3) is 72.0 Å². The van der Waals surface area contributed by atoms with E-state index in [9.17, 15) is 0 Å². The second kappa shape index (κ2) is 13.9. The van der Waals surface area contributed by atoms with Crippen molar-refractivity contribution in [2.75, 3.05) is 4.90 Å². The van der Waals surface area contributed by atoms with Crippen LogP contribution in [-0.2, 0) is 5.41 Å². The zero-order valence-electron chi connectivity index (χ0n) is 33.2. The molecule has 9 aromatic carbocycles. The van der Waals surface area contributed by atoms with Crippen molar-refractivity contribution >= 4 is 38.9 Å². The molecule has 0 unspecified atom stereocenters. The van der Waals surface area contributed by atoms with Crippen LogP contribution in [0.1, 0.15) is 25.0 Å². The van der Waals surface area contributed by atoms with E-state index in [0.717, 1.165) is 28.3 Å². The van der Waals surface area contributed by atoms with E-state index in [-0.39, 0.29) is 5.41 Å². The Labute approximate surface area is 345 Å². The second-order valence-electron chi connectivity index (χ2n) is 16.1. The van der Waals surface area contributed by atoms with Crippen molar-refractivity contribution in [2.24, 2.45) is 0 Å². The van der Waals surface area contributed by atoms with E-state index in [1.54, 1.807) is 0 Å². The molecule has 0 saturated carbocycles. The van der Waals surface area contributed by atoms with Crippen LogP contribution in [-0.4, -0.2) is 4.57 Å². The van der Waals surface area contributed by atoms with Gasteiger partial charge in [-0.05, 0) is 98.6 Å². The predicted molar refractivity (Wildman–Crippen MR) is 249 cm³/mol. The Morgan fingerprint density at radius 3 is 1.69 bits per heavy atom. The van der Waals surface area contributed by atoms with Crippen molar-refractivity contribution in [3.05, 3.63) is 230 Å². The Morgan fingerprint density at radius 1 is 0.373 bits per heavy atom. The van der Waals surface area contributed by atoms with Gasteiger partial charge in [0.2, 0.25) is 0 Å². The molecule has 0 amide bonds. The van der Waals surface area contributed by atoms with Gasteiger partial charge < -0.3 is 9.47 Å². The van der Waals surface area contributed by atoms with Crippen molar-refractivity contribution in [1.82, 2.24) is 4.57 Å². The quantitative estimate of drug-likeness (QED) is 0.157. The van der Waals surface area contributed by atoms with Crippen LogP contribution in [0.2, 0.25) is 0 Å². The predicted octanol–water partition coefficient (Wildman–Crippen LogP) is 15.6. The van der Waals surface area contributed by atoms with Gasteiger partial charge in [0.15, 0.2) is 0 Å². The molecule has 0 bridgehead atoms. The van der Waals surface area contributed by atoms with E-state index >= 15 is 0 Å². The van der Waals surface area contributed by atoms with Crippen LogP contribution in [0.15, 0.2) is 218 Å². The highest BCUT2D eigenvalue weighted by Gasteiger charge is 2.36. The summed E-state index contributed by atoms with van der Waals surface area (Å²) in [4.78, 5) is 2.51. The van der Waals surface area contributed by atoms with Crippen LogP contribution in [0.4, 0.5) is 17.1 Å². The minimum Gasteiger partial charge on any atom is -0.309 e. The third-order valence-corrected chi connectivity index (χ3v) is 12.4. The minimum atomic E-state index is -0.140. The number of hydrogen-bond donors (Lipinski definition) is 0. The maximum Gasteiger partial charge on any atom is 0.0562 e. The Kier molecular flexibility index (Phi) is 8.20. The maximum absolute atomic E-state index is 2.51. The van der Waals surface area contributed by atoms with E-state index < -0.39 is 0 Å². The summed E-state index contributed by atoms with van der Waals surface area (Å²) in [6.07, 6.45) is 0. The van der Waals surface area contributed by atoms with Gasteiger partial charge in [-0.1, -0.05) is 184 Å². The fourth-order valence-electron chi connectivity index (χ4n) is 9.65. The lowest BCUT2D eigenvalue weighted by molar-refractivity contribution is 0.660. The number of rotatable bonds is 7. The molecule has 1 aromatic heterocycles. The average molecular weight is 755 g/mol. The Morgan fingerprint density at radius 2 is 0.915 bits per heavy atom. The van der Waals surface area contributed by atoms with Crippen molar-refractivity contribution in [3.8, 4) is 50.2 Å². The van der Waals surface area contributed by atoms with Crippen LogP contribution in [0.5, 0.6) is 0 Å². The first-order valence-electron chi connectivity index (χ1n) is 20.5. The Balaban J connectivity index is 1.16. The molecule has 11 rings (SSSR count). The fourth-order valence-corrected chi connectivity index (χ4v) is 9.65. The Bertz CT molecular complexity index is 3190. The zero-order valence-corrected chi connectivity index (χ0v) is 33.2. The number of hydrogen-bond acceptors (Lipinski definition) is 1. The lowest BCUT2D eigenvalue weighted by Gasteiger charge is -2.30. The van der Waals surface area contributed by atoms with Gasteiger partial charge in [-0.2, -0.15) is 0 Å². The van der Waals surface area contributed by atoms with Gasteiger partial charge in [-0.15, -0.1) is 0 Å². The fraction of sp³-hybridized carbons (Fsp3) is 0.0526. The van der Waals surface area contributed by atoms with Gasteiger partial charge in [-0.25, -0.2) is 0 Å². The molecule has 1 aliphatic rings. The summed E-state index contributed by atoms with van der Waals surface area (Å²) in [6.45, 7) is 4.73. The average Bonchev–Trinajstić information content (AvgIpc) is 3.76. The van der Waals surface area contributed by atoms with Crippen LogP contribution < -0.4 is 4.90 Å². The van der Waals surface area contributed by atoms with Crippen LogP contribution >= 0.6 is 0 Å². The number of anilines is 3. The molecule has 1 aliphatic carbocycles. The third kappa shape index (κ3) is 5.63. The molecule has 59 heavy (non-hydrogen) atoms. The molecule has 0 N–H and O–H groups in total. The standard InChI is InChI=1S/C57H42N2/c1-57(2)50-30-14-11-28-47(50)48-36-35-43(38-51(48)57)59(52-31-15-12-27-46(52)40-21-7-4-8-22-40)55-34-18-33-54-56(55)49-29-13-16-32-53(49)58(54)42-24-17-23-41(37-42)45-26-10-9-25-44(45)39-19-5-3-6-20-39/h3-38H,1-2H3. The van der Waals surface area contributed by atoms with Gasteiger partial charge in [0, 0.05) is 33.1 Å². The van der Waals surface area contributed by atoms with Gasteiger partial charge >= 0.3 is 0 Å². The summed E-state index contributed by atoms with van der Waals surface area (Å²) in [7, 11) is 0. The topological polar surface area (TPSA) is 8.17 Å². The maximum atomic E-state index is 2.51. The first kappa shape index (κ1) is 34.8. The van der Waals surface area contributed by atoms with Crippen molar-refractivity contribution in [3.63, 3.8) is 0 Å². The number of fused-ring (bicyclic) bond motifs is 6. The third-order valence-electron chi connectivity index (χ3n) is 12.4. The van der Waals surface area contributed by atoms with E-state index in [1.807, 2.05) is 0 Å². The zero-order chi connectivity index (χ0) is 39.5.